The van der Waals surface area contributed by atoms with Crippen molar-refractivity contribution in [3.05, 3.63) is 65.4 Å². The predicted molar refractivity (Wildman–Crippen MR) is 111 cm³/mol. The Morgan fingerprint density at radius 1 is 1.07 bits per heavy atom. The van der Waals surface area contributed by atoms with Crippen LogP contribution in [0.1, 0.15) is 15.9 Å². The van der Waals surface area contributed by atoms with Crippen LogP contribution in [-0.4, -0.2) is 39.8 Å². The third-order valence-corrected chi connectivity index (χ3v) is 4.21. The number of anilines is 1. The number of benzene rings is 2. The molecule has 0 saturated carbocycles. The lowest BCUT2D eigenvalue weighted by molar-refractivity contribution is -0.117. The van der Waals surface area contributed by atoms with Crippen LogP contribution in [0.3, 0.4) is 0 Å². The molecule has 30 heavy (non-hydrogen) atoms. The highest BCUT2D eigenvalue weighted by Crippen LogP contribution is 2.33. The average Bonchev–Trinajstić information content (AvgIpc) is 2.79. The zero-order valence-electron chi connectivity index (χ0n) is 17.0. The second-order valence-electron chi connectivity index (χ2n) is 6.05. The molecule has 2 aromatic carbocycles. The van der Waals surface area contributed by atoms with Crippen LogP contribution in [0, 0.1) is 11.3 Å². The Balaban J connectivity index is 2.15. The lowest BCUT2D eigenvalue weighted by atomic mass is 10.1. The minimum absolute atomic E-state index is 0.145. The molecule has 8 heteroatoms. The molecule has 0 aliphatic carbocycles. The summed E-state index contributed by atoms with van der Waals surface area (Å²) in [4.78, 5) is 24.4. The maximum Gasteiger partial charge on any atom is 0.340 e. The van der Waals surface area contributed by atoms with Crippen molar-refractivity contribution >= 4 is 17.6 Å². The van der Waals surface area contributed by atoms with E-state index < -0.39 is 11.9 Å². The summed E-state index contributed by atoms with van der Waals surface area (Å²) < 4.78 is 15.2. The number of esters is 1. The maximum atomic E-state index is 12.3. The summed E-state index contributed by atoms with van der Waals surface area (Å²) in [7, 11) is 4.15. The van der Waals surface area contributed by atoms with E-state index in [1.165, 1.54) is 39.7 Å². The molecule has 0 spiro atoms. The van der Waals surface area contributed by atoms with Gasteiger partial charge in [0.2, 0.25) is 0 Å². The summed E-state index contributed by atoms with van der Waals surface area (Å²) in [5, 5.41) is 14.9. The molecule has 0 aliphatic heterocycles. The standard InChI is InChI=1S/C22H23N3O5/c1-28-19-11-17(22(27)30-3)18(12-20(19)29-2)25-14-16(13-23)21(26)24-10-9-15-7-5-4-6-8-15/h4-8,11-12,14,25H,9-10H2,1-3H3,(H,24,26)/b16-14-. The Morgan fingerprint density at radius 2 is 1.73 bits per heavy atom. The van der Waals surface area contributed by atoms with Gasteiger partial charge in [0.05, 0.1) is 32.6 Å². The first-order valence-corrected chi connectivity index (χ1v) is 9.07. The van der Waals surface area contributed by atoms with Gasteiger partial charge < -0.3 is 24.8 Å². The van der Waals surface area contributed by atoms with Crippen molar-refractivity contribution in [3.63, 3.8) is 0 Å². The number of nitrogens with zero attached hydrogens (tertiary/aromatic N) is 1. The topological polar surface area (TPSA) is 110 Å². The molecule has 0 unspecified atom stereocenters. The molecule has 0 radical (unpaired) electrons. The van der Waals surface area contributed by atoms with Gasteiger partial charge in [-0.1, -0.05) is 30.3 Å². The number of amides is 1. The number of carbonyl (C=O) groups excluding carboxylic acids is 2. The first kappa shape index (κ1) is 22.3. The fourth-order valence-corrected chi connectivity index (χ4v) is 2.64. The van der Waals surface area contributed by atoms with Gasteiger partial charge >= 0.3 is 5.97 Å². The number of nitriles is 1. The number of nitrogens with one attached hydrogen (secondary N) is 2. The fraction of sp³-hybridized carbons (Fsp3) is 0.227. The summed E-state index contributed by atoms with van der Waals surface area (Å²) in [5.74, 6) is -0.433. The summed E-state index contributed by atoms with van der Waals surface area (Å²) in [5.41, 5.74) is 1.39. The molecular formula is C22H23N3O5. The largest absolute Gasteiger partial charge is 0.493 e. The first-order valence-electron chi connectivity index (χ1n) is 9.07. The number of hydrogen-bond donors (Lipinski definition) is 2. The SMILES string of the molecule is COC(=O)c1cc(OC)c(OC)cc1N/C=C(/C#N)C(=O)NCCc1ccccc1. The Hall–Kier alpha value is -3.99. The Labute approximate surface area is 175 Å². The predicted octanol–water partition coefficient (Wildman–Crippen LogP) is 2.67. The summed E-state index contributed by atoms with van der Waals surface area (Å²) in [6, 6.07) is 14.5. The fourth-order valence-electron chi connectivity index (χ4n) is 2.64. The smallest absolute Gasteiger partial charge is 0.340 e. The molecule has 1 amide bonds. The third-order valence-electron chi connectivity index (χ3n) is 4.21. The second kappa shape index (κ2) is 11.1. The Bertz CT molecular complexity index is 965. The first-order chi connectivity index (χ1) is 14.5. The van der Waals surface area contributed by atoms with Gasteiger partial charge in [-0.05, 0) is 12.0 Å². The van der Waals surface area contributed by atoms with Crippen LogP contribution in [0.25, 0.3) is 0 Å². The molecule has 8 nitrogen and oxygen atoms in total. The van der Waals surface area contributed by atoms with E-state index in [0.29, 0.717) is 30.2 Å². The third kappa shape index (κ3) is 5.75. The number of methoxy groups -OCH3 is 3. The van der Waals surface area contributed by atoms with Crippen LogP contribution in [0.15, 0.2) is 54.2 Å². The highest BCUT2D eigenvalue weighted by molar-refractivity contribution is 5.99. The van der Waals surface area contributed by atoms with E-state index in [1.807, 2.05) is 36.4 Å². The van der Waals surface area contributed by atoms with Crippen molar-refractivity contribution in [1.82, 2.24) is 5.32 Å². The van der Waals surface area contributed by atoms with E-state index in [0.717, 1.165) is 5.56 Å². The molecule has 0 heterocycles. The lowest BCUT2D eigenvalue weighted by Crippen LogP contribution is -2.27. The van der Waals surface area contributed by atoms with Crippen molar-refractivity contribution in [2.45, 2.75) is 6.42 Å². The molecule has 0 aliphatic rings. The van der Waals surface area contributed by atoms with Crippen molar-refractivity contribution in [2.75, 3.05) is 33.2 Å². The Morgan fingerprint density at radius 3 is 2.33 bits per heavy atom. The van der Waals surface area contributed by atoms with Gasteiger partial charge in [-0.2, -0.15) is 5.26 Å². The van der Waals surface area contributed by atoms with Crippen LogP contribution in [0.5, 0.6) is 11.5 Å². The van der Waals surface area contributed by atoms with E-state index >= 15 is 0 Å². The monoisotopic (exact) mass is 409 g/mol. The van der Waals surface area contributed by atoms with Gasteiger partial charge in [-0.25, -0.2) is 4.79 Å². The number of rotatable bonds is 9. The van der Waals surface area contributed by atoms with E-state index in [4.69, 9.17) is 14.2 Å². The number of carbonyl (C=O) groups is 2. The van der Waals surface area contributed by atoms with Crippen molar-refractivity contribution in [2.24, 2.45) is 0 Å². The molecule has 2 aromatic rings. The van der Waals surface area contributed by atoms with E-state index in [2.05, 4.69) is 10.6 Å². The highest BCUT2D eigenvalue weighted by atomic mass is 16.5. The van der Waals surface area contributed by atoms with Gasteiger partial charge in [0.25, 0.3) is 5.91 Å². The van der Waals surface area contributed by atoms with Crippen LogP contribution in [0.2, 0.25) is 0 Å². The van der Waals surface area contributed by atoms with Crippen molar-refractivity contribution in [1.29, 1.82) is 5.26 Å². The van der Waals surface area contributed by atoms with Crippen LogP contribution >= 0.6 is 0 Å². The molecule has 0 atom stereocenters. The molecule has 0 aromatic heterocycles. The minimum Gasteiger partial charge on any atom is -0.493 e. The van der Waals surface area contributed by atoms with Gasteiger partial charge in [0.1, 0.15) is 11.6 Å². The van der Waals surface area contributed by atoms with Gasteiger partial charge in [0, 0.05) is 24.9 Å². The second-order valence-corrected chi connectivity index (χ2v) is 6.05. The molecule has 0 fully saturated rings. The normalized spacial score (nSPS) is 10.5. The van der Waals surface area contributed by atoms with Crippen molar-refractivity contribution < 1.29 is 23.8 Å². The van der Waals surface area contributed by atoms with Gasteiger partial charge in [-0.15, -0.1) is 0 Å². The number of hydrogen-bond acceptors (Lipinski definition) is 7. The van der Waals surface area contributed by atoms with Crippen molar-refractivity contribution in [3.8, 4) is 17.6 Å². The van der Waals surface area contributed by atoms with Gasteiger partial charge in [0.15, 0.2) is 11.5 Å². The van der Waals surface area contributed by atoms with E-state index in [-0.39, 0.29) is 11.1 Å². The lowest BCUT2D eigenvalue weighted by Gasteiger charge is -2.14. The van der Waals surface area contributed by atoms with Crippen LogP contribution < -0.4 is 20.1 Å². The van der Waals surface area contributed by atoms with Crippen LogP contribution in [-0.2, 0) is 16.0 Å². The summed E-state index contributed by atoms with van der Waals surface area (Å²) in [6.45, 7) is 0.381. The van der Waals surface area contributed by atoms with Crippen LogP contribution in [0.4, 0.5) is 5.69 Å². The summed E-state index contributed by atoms with van der Waals surface area (Å²) in [6.07, 6.45) is 1.87. The highest BCUT2D eigenvalue weighted by Gasteiger charge is 2.18. The maximum absolute atomic E-state index is 12.3. The molecule has 2 rings (SSSR count). The number of ether oxygens (including phenoxy) is 3. The zero-order valence-corrected chi connectivity index (χ0v) is 17.0. The molecule has 0 bridgehead atoms. The zero-order chi connectivity index (χ0) is 21.9. The molecule has 2 N–H and O–H groups in total. The van der Waals surface area contributed by atoms with E-state index in [1.54, 1.807) is 0 Å². The van der Waals surface area contributed by atoms with E-state index in [9.17, 15) is 14.9 Å². The minimum atomic E-state index is -0.613. The van der Waals surface area contributed by atoms with Gasteiger partial charge in [-0.3, -0.25) is 4.79 Å². The average molecular weight is 409 g/mol. The summed E-state index contributed by atoms with van der Waals surface area (Å²) >= 11 is 0. The quantitative estimate of drug-likeness (QED) is 0.372. The Kier molecular flexibility index (Phi) is 8.27. The molecular weight excluding hydrogens is 386 g/mol. The molecule has 156 valence electrons. The molecule has 0 saturated heterocycles.